The predicted molar refractivity (Wildman–Crippen MR) is 156 cm³/mol. The zero-order chi connectivity index (χ0) is 29.1. The molecule has 3 aromatic carbocycles. The van der Waals surface area contributed by atoms with Gasteiger partial charge in [0.1, 0.15) is 0 Å². The van der Waals surface area contributed by atoms with Crippen LogP contribution in [0.25, 0.3) is 0 Å². The van der Waals surface area contributed by atoms with Crippen molar-refractivity contribution in [3.63, 3.8) is 0 Å². The first-order chi connectivity index (χ1) is 19.8. The fourth-order valence-electron chi connectivity index (χ4n) is 5.43. The summed E-state index contributed by atoms with van der Waals surface area (Å²) >= 11 is 6.04. The standard InChI is InChI=1S/C32H31ClN2O6/c1-3-40-32-24(10-7-15-36)25(20-8-5-4-6-9-20)18-28(41-32)29(37)34-22-12-14-27(19(2)16-22)35-30(38)23-13-11-21(33)17-26(23)31(35)39/h4-6,8-9,11-14,16-18,24-25,32,36H,3,7,10,15H2,1-2H3,(H,34,37)/t24-,25-,32-/m0/s1. The predicted octanol–water partition coefficient (Wildman–Crippen LogP) is 5.84. The highest BCUT2D eigenvalue weighted by atomic mass is 35.5. The zero-order valence-electron chi connectivity index (χ0n) is 22.8. The van der Waals surface area contributed by atoms with Gasteiger partial charge >= 0.3 is 0 Å². The molecule has 2 N–H and O–H groups in total. The van der Waals surface area contributed by atoms with Crippen molar-refractivity contribution in [3.05, 3.63) is 106 Å². The van der Waals surface area contributed by atoms with E-state index in [0.717, 1.165) is 10.5 Å². The maximum atomic E-state index is 13.4. The lowest BCUT2D eigenvalue weighted by atomic mass is 9.80. The Balaban J connectivity index is 1.39. The van der Waals surface area contributed by atoms with Gasteiger partial charge in [0.15, 0.2) is 5.76 Å². The summed E-state index contributed by atoms with van der Waals surface area (Å²) < 4.78 is 12.0. The van der Waals surface area contributed by atoms with Crippen LogP contribution in [0.15, 0.2) is 78.6 Å². The van der Waals surface area contributed by atoms with Gasteiger partial charge in [-0.1, -0.05) is 41.9 Å². The number of fused-ring (bicyclic) bond motifs is 1. The van der Waals surface area contributed by atoms with Crippen molar-refractivity contribution in [1.29, 1.82) is 0 Å². The van der Waals surface area contributed by atoms with Crippen LogP contribution in [0.2, 0.25) is 5.02 Å². The number of carbonyl (C=O) groups excluding carboxylic acids is 3. The number of anilines is 2. The Morgan fingerprint density at radius 1 is 1.05 bits per heavy atom. The summed E-state index contributed by atoms with van der Waals surface area (Å²) in [5.41, 5.74) is 3.11. The number of amides is 3. The lowest BCUT2D eigenvalue weighted by molar-refractivity contribution is -0.165. The van der Waals surface area contributed by atoms with Gasteiger partial charge < -0.3 is 19.9 Å². The van der Waals surface area contributed by atoms with Gasteiger partial charge in [0, 0.05) is 35.8 Å². The number of hydrogen-bond acceptors (Lipinski definition) is 6. The molecule has 5 rings (SSSR count). The van der Waals surface area contributed by atoms with Crippen LogP contribution in [-0.2, 0) is 14.3 Å². The maximum absolute atomic E-state index is 13.4. The van der Waals surface area contributed by atoms with E-state index in [1.165, 1.54) is 6.07 Å². The highest BCUT2D eigenvalue weighted by Crippen LogP contribution is 2.40. The number of imide groups is 1. The average Bonchev–Trinajstić information content (AvgIpc) is 3.21. The van der Waals surface area contributed by atoms with Gasteiger partial charge in [-0.05, 0) is 80.3 Å². The molecular formula is C32H31ClN2O6. The zero-order valence-corrected chi connectivity index (χ0v) is 23.6. The van der Waals surface area contributed by atoms with E-state index in [-0.39, 0.29) is 29.8 Å². The maximum Gasteiger partial charge on any atom is 0.290 e. The summed E-state index contributed by atoms with van der Waals surface area (Å²) in [5.74, 6) is -1.42. The van der Waals surface area contributed by atoms with E-state index in [1.807, 2.05) is 43.3 Å². The van der Waals surface area contributed by atoms with Crippen LogP contribution in [0.3, 0.4) is 0 Å². The van der Waals surface area contributed by atoms with E-state index in [4.69, 9.17) is 21.1 Å². The minimum absolute atomic E-state index is 0.0533. The highest BCUT2D eigenvalue weighted by Gasteiger charge is 2.39. The van der Waals surface area contributed by atoms with E-state index in [2.05, 4.69) is 5.32 Å². The number of carbonyl (C=O) groups is 3. The van der Waals surface area contributed by atoms with Crippen molar-refractivity contribution in [2.24, 2.45) is 5.92 Å². The first-order valence-corrected chi connectivity index (χ1v) is 14.0. The number of aryl methyl sites for hydroxylation is 1. The first kappa shape index (κ1) is 28.5. The van der Waals surface area contributed by atoms with Gasteiger partial charge in [-0.15, -0.1) is 0 Å². The average molecular weight is 575 g/mol. The molecule has 3 aromatic rings. The lowest BCUT2D eigenvalue weighted by Crippen LogP contribution is -2.37. The Morgan fingerprint density at radius 2 is 1.80 bits per heavy atom. The molecule has 0 saturated heterocycles. The molecule has 0 unspecified atom stereocenters. The van der Waals surface area contributed by atoms with E-state index in [1.54, 1.807) is 37.3 Å². The highest BCUT2D eigenvalue weighted by molar-refractivity contribution is 6.37. The molecule has 41 heavy (non-hydrogen) atoms. The number of allylic oxidation sites excluding steroid dienone is 1. The number of nitrogens with one attached hydrogen (secondary N) is 1. The number of hydrogen-bond donors (Lipinski definition) is 2. The fourth-order valence-corrected chi connectivity index (χ4v) is 5.60. The largest absolute Gasteiger partial charge is 0.459 e. The molecule has 0 aliphatic carbocycles. The Kier molecular flexibility index (Phi) is 8.54. The molecule has 3 atom stereocenters. The smallest absolute Gasteiger partial charge is 0.290 e. The Labute approximate surface area is 243 Å². The quantitative estimate of drug-likeness (QED) is 0.311. The number of aliphatic hydroxyl groups is 1. The Bertz CT molecular complexity index is 1510. The van der Waals surface area contributed by atoms with Crippen LogP contribution in [-0.4, -0.2) is 42.3 Å². The molecule has 0 aromatic heterocycles. The second-order valence-corrected chi connectivity index (χ2v) is 10.5. The van der Waals surface area contributed by atoms with Gasteiger partial charge in [-0.2, -0.15) is 0 Å². The third kappa shape index (κ3) is 5.77. The summed E-state index contributed by atoms with van der Waals surface area (Å²) in [6.07, 6.45) is 2.40. The third-order valence-corrected chi connectivity index (χ3v) is 7.60. The minimum atomic E-state index is -0.658. The molecule has 0 saturated carbocycles. The van der Waals surface area contributed by atoms with E-state index < -0.39 is 24.0 Å². The molecule has 2 heterocycles. The number of benzene rings is 3. The van der Waals surface area contributed by atoms with Gasteiger partial charge in [-0.3, -0.25) is 14.4 Å². The molecule has 2 aliphatic heterocycles. The molecule has 212 valence electrons. The number of aliphatic hydroxyl groups excluding tert-OH is 1. The lowest BCUT2D eigenvalue weighted by Gasteiger charge is -2.37. The number of nitrogens with zero attached hydrogens (tertiary/aromatic N) is 1. The summed E-state index contributed by atoms with van der Waals surface area (Å²) in [6.45, 7) is 4.09. The summed E-state index contributed by atoms with van der Waals surface area (Å²) in [6, 6.07) is 19.4. The molecular weight excluding hydrogens is 544 g/mol. The van der Waals surface area contributed by atoms with Crippen molar-refractivity contribution in [2.45, 2.75) is 38.9 Å². The van der Waals surface area contributed by atoms with Crippen LogP contribution in [0, 0.1) is 12.8 Å². The van der Waals surface area contributed by atoms with E-state index in [9.17, 15) is 19.5 Å². The van der Waals surface area contributed by atoms with Crippen LogP contribution < -0.4 is 10.2 Å². The van der Waals surface area contributed by atoms with Crippen molar-refractivity contribution in [3.8, 4) is 0 Å². The van der Waals surface area contributed by atoms with Gasteiger partial charge in [0.25, 0.3) is 17.7 Å². The second-order valence-electron chi connectivity index (χ2n) is 10.0. The van der Waals surface area contributed by atoms with Crippen LogP contribution in [0.4, 0.5) is 11.4 Å². The summed E-state index contributed by atoms with van der Waals surface area (Å²) in [7, 11) is 0. The van der Waals surface area contributed by atoms with Crippen LogP contribution in [0.5, 0.6) is 0 Å². The van der Waals surface area contributed by atoms with Crippen molar-refractivity contribution >= 4 is 40.7 Å². The summed E-state index contributed by atoms with van der Waals surface area (Å²) in [4.78, 5) is 40.6. The first-order valence-electron chi connectivity index (χ1n) is 13.6. The molecule has 0 fully saturated rings. The van der Waals surface area contributed by atoms with Crippen LogP contribution in [0.1, 0.15) is 57.5 Å². The molecule has 3 amide bonds. The Hall–Kier alpha value is -3.98. The van der Waals surface area contributed by atoms with Gasteiger partial charge in [0.2, 0.25) is 6.29 Å². The SMILES string of the molecule is CCO[C@H]1OC(C(=O)Nc2ccc(N3C(=O)c4ccc(Cl)cc4C3=O)c(C)c2)=C[C@@H](c2ccccc2)[C@@H]1CCCO. The molecule has 8 nitrogen and oxygen atoms in total. The molecule has 2 aliphatic rings. The van der Waals surface area contributed by atoms with Gasteiger partial charge in [-0.25, -0.2) is 4.90 Å². The number of halogens is 1. The number of rotatable bonds is 9. The fraction of sp³-hybridized carbons (Fsp3) is 0.281. The molecule has 0 bridgehead atoms. The summed E-state index contributed by atoms with van der Waals surface area (Å²) in [5, 5.41) is 12.7. The second kappa shape index (κ2) is 12.3. The normalized spacial score (nSPS) is 20.0. The minimum Gasteiger partial charge on any atom is -0.459 e. The van der Waals surface area contributed by atoms with E-state index >= 15 is 0 Å². The molecule has 0 spiro atoms. The van der Waals surface area contributed by atoms with Crippen LogP contribution >= 0.6 is 11.6 Å². The molecule has 9 heteroatoms. The van der Waals surface area contributed by atoms with Crippen molar-refractivity contribution in [1.82, 2.24) is 0 Å². The third-order valence-electron chi connectivity index (χ3n) is 7.36. The van der Waals surface area contributed by atoms with Crippen molar-refractivity contribution in [2.75, 3.05) is 23.4 Å². The van der Waals surface area contributed by atoms with E-state index in [0.29, 0.717) is 47.0 Å². The Morgan fingerprint density at radius 3 is 2.51 bits per heavy atom. The number of ether oxygens (including phenoxy) is 2. The monoisotopic (exact) mass is 574 g/mol. The molecule has 0 radical (unpaired) electrons. The van der Waals surface area contributed by atoms with Crippen molar-refractivity contribution < 1.29 is 29.0 Å². The van der Waals surface area contributed by atoms with Gasteiger partial charge in [0.05, 0.1) is 16.8 Å². The topological polar surface area (TPSA) is 105 Å².